The minimum atomic E-state index is -3.19. The fourth-order valence-electron chi connectivity index (χ4n) is 3.05. The van der Waals surface area contributed by atoms with Gasteiger partial charge in [-0.15, -0.1) is 0 Å². The van der Waals surface area contributed by atoms with Crippen LogP contribution in [-0.2, 0) is 14.8 Å². The molecule has 1 aromatic rings. The number of ether oxygens (including phenoxy) is 1. The lowest BCUT2D eigenvalue weighted by Gasteiger charge is -2.35. The third-order valence-corrected chi connectivity index (χ3v) is 6.77. The zero-order chi connectivity index (χ0) is 19.9. The van der Waals surface area contributed by atoms with Gasteiger partial charge in [-0.3, -0.25) is 4.79 Å². The first kappa shape index (κ1) is 21.4. The standard InChI is InChI=1S/C20H30N2O4S/c1-4-16-26-19-9-6-17(7-10-19)8-11-20(23)22-14-12-18(13-15-22)21(3)27(24,25)5-2/h6-11,18H,4-5,12-16H2,1-3H3/b11-8+. The van der Waals surface area contributed by atoms with Crippen LogP contribution in [0.5, 0.6) is 5.75 Å². The predicted octanol–water partition coefficient (Wildman–Crippen LogP) is 2.76. The van der Waals surface area contributed by atoms with Crippen molar-refractivity contribution in [2.45, 2.75) is 39.2 Å². The van der Waals surface area contributed by atoms with Crippen molar-refractivity contribution in [3.05, 3.63) is 35.9 Å². The van der Waals surface area contributed by atoms with Gasteiger partial charge in [0.15, 0.2) is 0 Å². The van der Waals surface area contributed by atoms with Crippen molar-refractivity contribution in [3.63, 3.8) is 0 Å². The molecule has 6 nitrogen and oxygen atoms in total. The van der Waals surface area contributed by atoms with E-state index in [4.69, 9.17) is 4.74 Å². The normalized spacial score (nSPS) is 16.2. The van der Waals surface area contributed by atoms with E-state index in [9.17, 15) is 13.2 Å². The molecule has 1 aromatic carbocycles. The maximum absolute atomic E-state index is 12.4. The van der Waals surface area contributed by atoms with Crippen LogP contribution in [0, 0.1) is 0 Å². The largest absolute Gasteiger partial charge is 0.494 e. The quantitative estimate of drug-likeness (QED) is 0.636. The molecular formula is C20H30N2O4S. The van der Waals surface area contributed by atoms with E-state index >= 15 is 0 Å². The molecule has 1 saturated heterocycles. The highest BCUT2D eigenvalue weighted by Crippen LogP contribution is 2.19. The monoisotopic (exact) mass is 394 g/mol. The van der Waals surface area contributed by atoms with Gasteiger partial charge in [-0.2, -0.15) is 0 Å². The zero-order valence-corrected chi connectivity index (χ0v) is 17.2. The van der Waals surface area contributed by atoms with Gasteiger partial charge in [0.05, 0.1) is 12.4 Å². The summed E-state index contributed by atoms with van der Waals surface area (Å²) >= 11 is 0. The molecule has 1 aliphatic rings. The molecule has 1 amide bonds. The number of hydrogen-bond donors (Lipinski definition) is 0. The van der Waals surface area contributed by atoms with E-state index in [0.717, 1.165) is 17.7 Å². The molecule has 150 valence electrons. The number of piperidine rings is 1. The number of likely N-dealkylation sites (tertiary alicyclic amines) is 1. The number of rotatable bonds is 8. The van der Waals surface area contributed by atoms with Gasteiger partial charge in [0, 0.05) is 32.3 Å². The summed E-state index contributed by atoms with van der Waals surface area (Å²) in [6.45, 7) is 5.55. The molecule has 1 fully saturated rings. The topological polar surface area (TPSA) is 66.9 Å². The summed E-state index contributed by atoms with van der Waals surface area (Å²) in [5.41, 5.74) is 0.941. The molecule has 1 heterocycles. The van der Waals surface area contributed by atoms with Crippen molar-refractivity contribution in [2.24, 2.45) is 0 Å². The van der Waals surface area contributed by atoms with Crippen LogP contribution in [0.2, 0.25) is 0 Å². The van der Waals surface area contributed by atoms with Crippen LogP contribution in [0.4, 0.5) is 0 Å². The van der Waals surface area contributed by atoms with Crippen LogP contribution in [-0.4, -0.2) is 62.1 Å². The Morgan fingerprint density at radius 2 is 1.85 bits per heavy atom. The maximum Gasteiger partial charge on any atom is 0.246 e. The van der Waals surface area contributed by atoms with E-state index in [1.807, 2.05) is 24.3 Å². The Balaban J connectivity index is 1.86. The van der Waals surface area contributed by atoms with Crippen molar-refractivity contribution in [1.82, 2.24) is 9.21 Å². The summed E-state index contributed by atoms with van der Waals surface area (Å²) < 4.78 is 31.0. The van der Waals surface area contributed by atoms with Gasteiger partial charge in [-0.05, 0) is 50.0 Å². The number of hydrogen-bond acceptors (Lipinski definition) is 4. The van der Waals surface area contributed by atoms with Crippen molar-refractivity contribution in [1.29, 1.82) is 0 Å². The van der Waals surface area contributed by atoms with E-state index in [0.29, 0.717) is 32.5 Å². The summed E-state index contributed by atoms with van der Waals surface area (Å²) in [6.07, 6.45) is 5.67. The van der Waals surface area contributed by atoms with Crippen LogP contribution < -0.4 is 4.74 Å². The average Bonchev–Trinajstić information content (AvgIpc) is 2.70. The Kier molecular flexibility index (Phi) is 7.86. The number of nitrogens with zero attached hydrogens (tertiary/aromatic N) is 2. The second kappa shape index (κ2) is 9.90. The molecule has 0 aromatic heterocycles. The van der Waals surface area contributed by atoms with Gasteiger partial charge >= 0.3 is 0 Å². The molecule has 0 atom stereocenters. The Bertz CT molecular complexity index is 736. The highest BCUT2D eigenvalue weighted by molar-refractivity contribution is 7.89. The van der Waals surface area contributed by atoms with Gasteiger partial charge in [0.2, 0.25) is 15.9 Å². The maximum atomic E-state index is 12.4. The lowest BCUT2D eigenvalue weighted by molar-refractivity contribution is -0.127. The van der Waals surface area contributed by atoms with E-state index in [2.05, 4.69) is 6.92 Å². The molecule has 1 aliphatic heterocycles. The van der Waals surface area contributed by atoms with Gasteiger partial charge in [0.25, 0.3) is 0 Å². The van der Waals surface area contributed by atoms with Gasteiger partial charge in [-0.1, -0.05) is 19.1 Å². The predicted molar refractivity (Wildman–Crippen MR) is 108 cm³/mol. The van der Waals surface area contributed by atoms with Crippen LogP contribution in [0.1, 0.15) is 38.7 Å². The first-order valence-electron chi connectivity index (χ1n) is 9.53. The lowest BCUT2D eigenvalue weighted by Crippen LogP contribution is -2.47. The molecular weight excluding hydrogens is 364 g/mol. The second-order valence-electron chi connectivity index (χ2n) is 6.72. The van der Waals surface area contributed by atoms with Crippen molar-refractivity contribution < 1.29 is 17.9 Å². The molecule has 0 aliphatic carbocycles. The minimum Gasteiger partial charge on any atom is -0.494 e. The van der Waals surface area contributed by atoms with E-state index in [1.54, 1.807) is 31.0 Å². The molecule has 0 bridgehead atoms. The summed E-state index contributed by atoms with van der Waals surface area (Å²) in [6, 6.07) is 7.61. The summed E-state index contributed by atoms with van der Waals surface area (Å²) in [7, 11) is -1.55. The Labute approximate surface area is 162 Å². The first-order valence-corrected chi connectivity index (χ1v) is 11.1. The number of amides is 1. The summed E-state index contributed by atoms with van der Waals surface area (Å²) in [5.74, 6) is 0.891. The number of benzene rings is 1. The first-order chi connectivity index (χ1) is 12.9. The van der Waals surface area contributed by atoms with Crippen LogP contribution in [0.15, 0.2) is 30.3 Å². The number of carbonyl (C=O) groups is 1. The van der Waals surface area contributed by atoms with E-state index in [-0.39, 0.29) is 17.7 Å². The Morgan fingerprint density at radius 1 is 1.22 bits per heavy atom. The van der Waals surface area contributed by atoms with Gasteiger partial charge in [-0.25, -0.2) is 12.7 Å². The van der Waals surface area contributed by atoms with Crippen LogP contribution >= 0.6 is 0 Å². The van der Waals surface area contributed by atoms with Gasteiger partial charge in [0.1, 0.15) is 5.75 Å². The molecule has 0 radical (unpaired) electrons. The van der Waals surface area contributed by atoms with Crippen molar-refractivity contribution >= 4 is 22.0 Å². The second-order valence-corrected chi connectivity index (χ2v) is 9.04. The highest BCUT2D eigenvalue weighted by atomic mass is 32.2. The van der Waals surface area contributed by atoms with Gasteiger partial charge < -0.3 is 9.64 Å². The lowest BCUT2D eigenvalue weighted by atomic mass is 10.1. The average molecular weight is 395 g/mol. The number of sulfonamides is 1. The SMILES string of the molecule is CCCOc1ccc(/C=C/C(=O)N2CCC(N(C)S(=O)(=O)CC)CC2)cc1. The fraction of sp³-hybridized carbons (Fsp3) is 0.550. The summed E-state index contributed by atoms with van der Waals surface area (Å²) in [5, 5.41) is 0. The van der Waals surface area contributed by atoms with E-state index < -0.39 is 10.0 Å². The molecule has 0 unspecified atom stereocenters. The molecule has 0 spiro atoms. The fourth-order valence-corrected chi connectivity index (χ4v) is 4.12. The smallest absolute Gasteiger partial charge is 0.246 e. The molecule has 7 heteroatoms. The molecule has 0 saturated carbocycles. The molecule has 0 N–H and O–H groups in total. The zero-order valence-electron chi connectivity index (χ0n) is 16.4. The summed E-state index contributed by atoms with van der Waals surface area (Å²) in [4.78, 5) is 14.2. The van der Waals surface area contributed by atoms with Crippen LogP contribution in [0.3, 0.4) is 0 Å². The Hall–Kier alpha value is -1.86. The van der Waals surface area contributed by atoms with Crippen LogP contribution in [0.25, 0.3) is 6.08 Å². The molecule has 27 heavy (non-hydrogen) atoms. The third-order valence-electron chi connectivity index (χ3n) is 4.87. The van der Waals surface area contributed by atoms with Crippen molar-refractivity contribution in [3.8, 4) is 5.75 Å². The third kappa shape index (κ3) is 6.07. The van der Waals surface area contributed by atoms with E-state index in [1.165, 1.54) is 4.31 Å². The Morgan fingerprint density at radius 3 is 2.41 bits per heavy atom. The minimum absolute atomic E-state index is 0.0290. The molecule has 2 rings (SSSR count). The highest BCUT2D eigenvalue weighted by Gasteiger charge is 2.29. The van der Waals surface area contributed by atoms with Crippen molar-refractivity contribution in [2.75, 3.05) is 32.5 Å². The number of carbonyl (C=O) groups excluding carboxylic acids is 1.